The normalized spacial score (nSPS) is 12.6. The number of ether oxygens (including phenoxy) is 1. The Hall–Kier alpha value is -2.85. The summed E-state index contributed by atoms with van der Waals surface area (Å²) >= 11 is 0. The van der Waals surface area contributed by atoms with Gasteiger partial charge in [0.05, 0.1) is 0 Å². The Bertz CT molecular complexity index is 930. The number of alkyl halides is 6. The molecule has 0 N–H and O–H groups in total. The average molecular weight is 365 g/mol. The number of halogens is 7. The molecule has 4 nitrogen and oxygen atoms in total. The SMILES string of the molecule is Fc1cc(-c2ccc3nnc(C(F)(F)F)n3c2)ccc1OC(F)(F)F. The summed E-state index contributed by atoms with van der Waals surface area (Å²) < 4.78 is 92.9. The van der Waals surface area contributed by atoms with E-state index in [-0.39, 0.29) is 16.8 Å². The molecule has 11 heteroatoms. The van der Waals surface area contributed by atoms with Crippen molar-refractivity contribution in [3.05, 3.63) is 48.2 Å². The summed E-state index contributed by atoms with van der Waals surface area (Å²) in [6, 6.07) is 5.10. The first kappa shape index (κ1) is 17.0. The van der Waals surface area contributed by atoms with Gasteiger partial charge in [-0.2, -0.15) is 13.2 Å². The highest BCUT2D eigenvalue weighted by Gasteiger charge is 2.37. The third-order valence-corrected chi connectivity index (χ3v) is 3.15. The van der Waals surface area contributed by atoms with E-state index < -0.39 is 29.9 Å². The van der Waals surface area contributed by atoms with Crippen molar-refractivity contribution in [3.8, 4) is 16.9 Å². The van der Waals surface area contributed by atoms with Crippen LogP contribution < -0.4 is 4.74 Å². The Labute approximate surface area is 134 Å². The summed E-state index contributed by atoms with van der Waals surface area (Å²) in [6.45, 7) is 0. The van der Waals surface area contributed by atoms with E-state index in [9.17, 15) is 30.7 Å². The number of nitrogens with zero attached hydrogens (tertiary/aromatic N) is 3. The van der Waals surface area contributed by atoms with Crippen molar-refractivity contribution in [2.75, 3.05) is 0 Å². The fourth-order valence-electron chi connectivity index (χ4n) is 2.14. The van der Waals surface area contributed by atoms with Crippen molar-refractivity contribution in [2.24, 2.45) is 0 Å². The van der Waals surface area contributed by atoms with Gasteiger partial charge in [-0.3, -0.25) is 4.40 Å². The molecule has 0 aliphatic carbocycles. The van der Waals surface area contributed by atoms with Crippen LogP contribution in [0.5, 0.6) is 5.75 Å². The van der Waals surface area contributed by atoms with Gasteiger partial charge in [0.1, 0.15) is 0 Å². The van der Waals surface area contributed by atoms with Crippen LogP contribution >= 0.6 is 0 Å². The second-order valence-corrected chi connectivity index (χ2v) is 4.86. The smallest absolute Gasteiger partial charge is 0.403 e. The zero-order valence-electron chi connectivity index (χ0n) is 11.9. The van der Waals surface area contributed by atoms with E-state index in [1.54, 1.807) is 0 Å². The minimum Gasteiger partial charge on any atom is -0.403 e. The third kappa shape index (κ3) is 3.49. The van der Waals surface area contributed by atoms with Gasteiger partial charge in [0.25, 0.3) is 0 Å². The Morgan fingerprint density at radius 2 is 1.56 bits per heavy atom. The molecule has 2 heterocycles. The van der Waals surface area contributed by atoms with E-state index in [2.05, 4.69) is 14.9 Å². The third-order valence-electron chi connectivity index (χ3n) is 3.15. The highest BCUT2D eigenvalue weighted by molar-refractivity contribution is 5.65. The number of hydrogen-bond donors (Lipinski definition) is 0. The summed E-state index contributed by atoms with van der Waals surface area (Å²) in [5, 5.41) is 6.41. The van der Waals surface area contributed by atoms with Gasteiger partial charge < -0.3 is 4.74 Å². The second kappa shape index (κ2) is 5.60. The summed E-state index contributed by atoms with van der Waals surface area (Å²) in [5.41, 5.74) is 0.0829. The van der Waals surface area contributed by atoms with E-state index in [0.717, 1.165) is 24.4 Å². The monoisotopic (exact) mass is 365 g/mol. The predicted molar refractivity (Wildman–Crippen MR) is 70.1 cm³/mol. The molecule has 0 spiro atoms. The van der Waals surface area contributed by atoms with Gasteiger partial charge in [-0.15, -0.1) is 23.4 Å². The predicted octanol–water partition coefficient (Wildman–Crippen LogP) is 4.45. The Morgan fingerprint density at radius 1 is 0.880 bits per heavy atom. The van der Waals surface area contributed by atoms with Crippen LogP contribution in [0.1, 0.15) is 5.82 Å². The van der Waals surface area contributed by atoms with E-state index in [1.807, 2.05) is 0 Å². The lowest BCUT2D eigenvalue weighted by atomic mass is 10.1. The Balaban J connectivity index is 2.03. The lowest BCUT2D eigenvalue weighted by Gasteiger charge is -2.11. The number of hydrogen-bond acceptors (Lipinski definition) is 3. The van der Waals surface area contributed by atoms with Crippen molar-refractivity contribution < 1.29 is 35.5 Å². The molecule has 1 aromatic carbocycles. The van der Waals surface area contributed by atoms with Crippen molar-refractivity contribution in [2.45, 2.75) is 12.5 Å². The number of rotatable bonds is 2. The van der Waals surface area contributed by atoms with Crippen molar-refractivity contribution in [1.82, 2.24) is 14.6 Å². The minimum absolute atomic E-state index is 0.0516. The highest BCUT2D eigenvalue weighted by atomic mass is 19.4. The van der Waals surface area contributed by atoms with E-state index in [4.69, 9.17) is 0 Å². The molecule has 3 aromatic rings. The summed E-state index contributed by atoms with van der Waals surface area (Å²) in [5.74, 6) is -3.63. The summed E-state index contributed by atoms with van der Waals surface area (Å²) in [7, 11) is 0. The molecule has 2 aromatic heterocycles. The van der Waals surface area contributed by atoms with Crippen LogP contribution in [0, 0.1) is 5.82 Å². The quantitative estimate of drug-likeness (QED) is 0.630. The molecular formula is C14H6F7N3O. The fraction of sp³-hybridized carbons (Fsp3) is 0.143. The summed E-state index contributed by atoms with van der Waals surface area (Å²) in [6.07, 6.45) is -8.81. The van der Waals surface area contributed by atoms with Crippen LogP contribution in [0.3, 0.4) is 0 Å². The van der Waals surface area contributed by atoms with Gasteiger partial charge in [0, 0.05) is 6.20 Å². The van der Waals surface area contributed by atoms with Crippen molar-refractivity contribution in [1.29, 1.82) is 0 Å². The average Bonchev–Trinajstić information content (AvgIpc) is 2.91. The van der Waals surface area contributed by atoms with Crippen LogP contribution in [0.2, 0.25) is 0 Å². The number of pyridine rings is 1. The first-order valence-corrected chi connectivity index (χ1v) is 6.52. The maximum atomic E-state index is 13.8. The standard InChI is InChI=1S/C14H6F7N3O/c15-9-5-7(1-3-10(9)25-14(19,20)21)8-2-4-11-22-23-12(13(16,17)18)24(11)6-8/h1-6H. The fourth-order valence-corrected chi connectivity index (χ4v) is 2.14. The number of fused-ring (bicyclic) bond motifs is 1. The van der Waals surface area contributed by atoms with Crippen molar-refractivity contribution in [3.63, 3.8) is 0 Å². The molecule has 0 bridgehead atoms. The molecule has 0 unspecified atom stereocenters. The van der Waals surface area contributed by atoms with Crippen LogP contribution in [0.25, 0.3) is 16.8 Å². The second-order valence-electron chi connectivity index (χ2n) is 4.86. The zero-order valence-corrected chi connectivity index (χ0v) is 11.9. The first-order valence-electron chi connectivity index (χ1n) is 6.52. The van der Waals surface area contributed by atoms with Gasteiger partial charge in [0.15, 0.2) is 17.2 Å². The molecule has 0 aliphatic rings. The summed E-state index contributed by atoms with van der Waals surface area (Å²) in [4.78, 5) is 0. The van der Waals surface area contributed by atoms with Gasteiger partial charge in [-0.1, -0.05) is 6.07 Å². The van der Waals surface area contributed by atoms with Crippen LogP contribution in [0.4, 0.5) is 30.7 Å². The van der Waals surface area contributed by atoms with Gasteiger partial charge >= 0.3 is 12.5 Å². The zero-order chi connectivity index (χ0) is 18.4. The lowest BCUT2D eigenvalue weighted by Crippen LogP contribution is -2.17. The molecule has 0 radical (unpaired) electrons. The Morgan fingerprint density at radius 3 is 2.16 bits per heavy atom. The molecule has 132 valence electrons. The molecular weight excluding hydrogens is 359 g/mol. The minimum atomic E-state index is -5.06. The number of benzene rings is 1. The molecule has 3 rings (SSSR count). The van der Waals surface area contributed by atoms with E-state index in [1.165, 1.54) is 12.1 Å². The maximum Gasteiger partial charge on any atom is 0.573 e. The first-order chi connectivity index (χ1) is 11.5. The van der Waals surface area contributed by atoms with Gasteiger partial charge in [0.2, 0.25) is 5.82 Å². The molecule has 0 atom stereocenters. The molecule has 25 heavy (non-hydrogen) atoms. The topological polar surface area (TPSA) is 39.4 Å². The Kier molecular flexibility index (Phi) is 3.81. The van der Waals surface area contributed by atoms with E-state index in [0.29, 0.717) is 4.40 Å². The highest BCUT2D eigenvalue weighted by Crippen LogP contribution is 2.31. The molecule has 0 fully saturated rings. The van der Waals surface area contributed by atoms with Crippen LogP contribution in [0.15, 0.2) is 36.5 Å². The van der Waals surface area contributed by atoms with Crippen LogP contribution in [-0.4, -0.2) is 21.0 Å². The molecule has 0 saturated carbocycles. The molecule has 0 aliphatic heterocycles. The molecule has 0 saturated heterocycles. The lowest BCUT2D eigenvalue weighted by molar-refractivity contribution is -0.275. The van der Waals surface area contributed by atoms with Gasteiger partial charge in [-0.05, 0) is 35.4 Å². The van der Waals surface area contributed by atoms with Crippen molar-refractivity contribution >= 4 is 5.65 Å². The van der Waals surface area contributed by atoms with Gasteiger partial charge in [-0.25, -0.2) is 4.39 Å². The largest absolute Gasteiger partial charge is 0.573 e. The maximum absolute atomic E-state index is 13.8. The number of aromatic nitrogens is 3. The molecule has 0 amide bonds. The van der Waals surface area contributed by atoms with Crippen LogP contribution in [-0.2, 0) is 6.18 Å². The van der Waals surface area contributed by atoms with E-state index >= 15 is 0 Å².